The third-order valence-electron chi connectivity index (χ3n) is 1.30. The van der Waals surface area contributed by atoms with E-state index in [1.165, 1.54) is 12.4 Å². The minimum absolute atomic E-state index is 0.417. The number of hydrogen-bond donors (Lipinski definition) is 1. The number of rotatable bonds is 0. The van der Waals surface area contributed by atoms with Gasteiger partial charge in [-0.2, -0.15) is 4.98 Å². The molecule has 0 saturated heterocycles. The van der Waals surface area contributed by atoms with Crippen LogP contribution in [0.5, 0.6) is 0 Å². The fourth-order valence-corrected chi connectivity index (χ4v) is 1.11. The molecule has 0 aliphatic heterocycles. The molecule has 2 heterocycles. The van der Waals surface area contributed by atoms with Crippen molar-refractivity contribution in [3.8, 4) is 0 Å². The van der Waals surface area contributed by atoms with E-state index in [9.17, 15) is 4.79 Å². The number of nitrogens with zero attached hydrogens (tertiary/aromatic N) is 3. The molecule has 0 amide bonds. The van der Waals surface area contributed by atoms with Crippen molar-refractivity contribution < 1.29 is 0 Å². The van der Waals surface area contributed by atoms with E-state index in [4.69, 9.17) is 0 Å². The lowest BCUT2D eigenvalue weighted by Gasteiger charge is -1.93. The van der Waals surface area contributed by atoms with Crippen molar-refractivity contribution in [3.63, 3.8) is 0 Å². The predicted octanol–water partition coefficient (Wildman–Crippen LogP) is 0.476. The van der Waals surface area contributed by atoms with Gasteiger partial charge in [-0.05, 0) is 15.9 Å². The lowest BCUT2D eigenvalue weighted by molar-refractivity contribution is 1.07. The zero-order valence-electron chi connectivity index (χ0n) is 5.78. The molecule has 0 aliphatic carbocycles. The van der Waals surface area contributed by atoms with Crippen molar-refractivity contribution >= 4 is 27.1 Å². The number of halogens is 1. The third kappa shape index (κ3) is 1.20. The Kier molecular flexibility index (Phi) is 1.61. The first kappa shape index (κ1) is 7.35. The van der Waals surface area contributed by atoms with E-state index in [0.29, 0.717) is 15.8 Å². The zero-order valence-corrected chi connectivity index (χ0v) is 7.37. The van der Waals surface area contributed by atoms with Gasteiger partial charge in [0.2, 0.25) is 0 Å². The van der Waals surface area contributed by atoms with Gasteiger partial charge in [0.25, 0.3) is 0 Å². The van der Waals surface area contributed by atoms with Crippen LogP contribution >= 0.6 is 15.9 Å². The number of nitrogens with one attached hydrogen (secondary N) is 1. The summed E-state index contributed by atoms with van der Waals surface area (Å²) >= 11 is 3.16. The smallest absolute Gasteiger partial charge is 0.289 e. The maximum absolute atomic E-state index is 10.7. The van der Waals surface area contributed by atoms with Crippen molar-refractivity contribution in [3.05, 3.63) is 27.5 Å². The molecule has 0 radical (unpaired) electrons. The van der Waals surface area contributed by atoms with Gasteiger partial charge >= 0.3 is 5.69 Å². The van der Waals surface area contributed by atoms with Gasteiger partial charge in [0, 0.05) is 0 Å². The van der Waals surface area contributed by atoms with E-state index in [1.54, 1.807) is 0 Å². The second kappa shape index (κ2) is 2.63. The monoisotopic (exact) mass is 226 g/mol. The molecule has 0 saturated carbocycles. The summed E-state index contributed by atoms with van der Waals surface area (Å²) in [6.07, 6.45) is 2.89. The Morgan fingerprint density at radius 1 is 1.33 bits per heavy atom. The predicted molar refractivity (Wildman–Crippen MR) is 45.7 cm³/mol. The van der Waals surface area contributed by atoms with Gasteiger partial charge in [-0.1, -0.05) is 0 Å². The third-order valence-corrected chi connectivity index (χ3v) is 1.68. The number of aromatic nitrogens is 4. The van der Waals surface area contributed by atoms with E-state index in [1.807, 2.05) is 0 Å². The number of hydrogen-bond acceptors (Lipinski definition) is 4. The molecule has 0 aromatic carbocycles. The molecule has 2 aromatic rings. The zero-order chi connectivity index (χ0) is 8.55. The minimum Gasteiger partial charge on any atom is -0.289 e. The standard InChI is InChI=1S/C6H3BrN4O/c7-4-2-8-5-3(10-4)1-9-6(12)11-5/h1-2H,(H,8,9,11,12). The Hall–Kier alpha value is -1.30. The molecule has 2 rings (SSSR count). The fraction of sp³-hybridized carbons (Fsp3) is 0. The molecular weight excluding hydrogens is 224 g/mol. The van der Waals surface area contributed by atoms with Gasteiger partial charge < -0.3 is 0 Å². The average Bonchev–Trinajstić information content (AvgIpc) is 2.05. The summed E-state index contributed by atoms with van der Waals surface area (Å²) in [5.41, 5.74) is 0.585. The largest absolute Gasteiger partial charge is 0.346 e. The van der Waals surface area contributed by atoms with E-state index in [2.05, 4.69) is 35.9 Å². The van der Waals surface area contributed by atoms with Crippen molar-refractivity contribution in [2.45, 2.75) is 0 Å². The van der Waals surface area contributed by atoms with Crippen LogP contribution in [0.1, 0.15) is 0 Å². The molecule has 6 heteroatoms. The first-order chi connectivity index (χ1) is 5.75. The van der Waals surface area contributed by atoms with Crippen molar-refractivity contribution in [2.24, 2.45) is 0 Å². The van der Waals surface area contributed by atoms with Crippen LogP contribution in [0, 0.1) is 0 Å². The van der Waals surface area contributed by atoms with Crippen LogP contribution in [0.3, 0.4) is 0 Å². The number of aromatic amines is 1. The number of H-pyrrole nitrogens is 1. The molecule has 0 unspecified atom stereocenters. The maximum atomic E-state index is 10.7. The van der Waals surface area contributed by atoms with Gasteiger partial charge in [0.1, 0.15) is 10.1 Å². The summed E-state index contributed by atoms with van der Waals surface area (Å²) in [5.74, 6) is 0. The highest BCUT2D eigenvalue weighted by molar-refractivity contribution is 9.10. The quantitative estimate of drug-likeness (QED) is 0.710. The summed E-state index contributed by atoms with van der Waals surface area (Å²) in [6.45, 7) is 0. The molecular formula is C6H3BrN4O. The Morgan fingerprint density at radius 3 is 3.00 bits per heavy atom. The maximum Gasteiger partial charge on any atom is 0.346 e. The highest BCUT2D eigenvalue weighted by atomic mass is 79.9. The molecule has 0 atom stereocenters. The van der Waals surface area contributed by atoms with Crippen LogP contribution in [-0.4, -0.2) is 19.9 Å². The molecule has 0 bridgehead atoms. The van der Waals surface area contributed by atoms with E-state index in [-0.39, 0.29) is 0 Å². The average molecular weight is 227 g/mol. The summed E-state index contributed by atoms with van der Waals surface area (Å²) < 4.78 is 0.615. The molecule has 5 nitrogen and oxygen atoms in total. The van der Waals surface area contributed by atoms with Crippen molar-refractivity contribution in [1.29, 1.82) is 0 Å². The fourth-order valence-electron chi connectivity index (χ4n) is 0.820. The van der Waals surface area contributed by atoms with E-state index >= 15 is 0 Å². The van der Waals surface area contributed by atoms with Crippen molar-refractivity contribution in [1.82, 2.24) is 19.9 Å². The normalized spacial score (nSPS) is 10.4. The van der Waals surface area contributed by atoms with Crippen LogP contribution in [0.25, 0.3) is 11.2 Å². The molecule has 0 aliphatic rings. The van der Waals surface area contributed by atoms with Crippen LogP contribution in [-0.2, 0) is 0 Å². The van der Waals surface area contributed by atoms with E-state index < -0.39 is 5.69 Å². The van der Waals surface area contributed by atoms with Gasteiger partial charge in [-0.3, -0.25) is 4.98 Å². The van der Waals surface area contributed by atoms with Gasteiger partial charge in [0.05, 0.1) is 12.4 Å². The first-order valence-corrected chi connectivity index (χ1v) is 3.92. The lowest BCUT2D eigenvalue weighted by atomic mass is 10.5. The van der Waals surface area contributed by atoms with Gasteiger partial charge in [-0.25, -0.2) is 14.8 Å². The second-order valence-corrected chi connectivity index (χ2v) is 2.93. The summed E-state index contributed by atoms with van der Waals surface area (Å²) in [5, 5.41) is 0. The summed E-state index contributed by atoms with van der Waals surface area (Å²) in [4.78, 5) is 24.7. The summed E-state index contributed by atoms with van der Waals surface area (Å²) in [7, 11) is 0. The highest BCUT2D eigenvalue weighted by Crippen LogP contribution is 2.07. The van der Waals surface area contributed by atoms with Crippen LogP contribution in [0.15, 0.2) is 21.8 Å². The molecule has 60 valence electrons. The summed E-state index contributed by atoms with van der Waals surface area (Å²) in [6, 6.07) is 0. The Labute approximate surface area is 75.0 Å². The molecule has 0 fully saturated rings. The van der Waals surface area contributed by atoms with Crippen LogP contribution in [0.4, 0.5) is 0 Å². The van der Waals surface area contributed by atoms with Gasteiger partial charge in [-0.15, -0.1) is 0 Å². The molecule has 12 heavy (non-hydrogen) atoms. The lowest BCUT2D eigenvalue weighted by Crippen LogP contribution is -2.09. The topological polar surface area (TPSA) is 71.5 Å². The number of fused-ring (bicyclic) bond motifs is 1. The Morgan fingerprint density at radius 2 is 2.17 bits per heavy atom. The Balaban J connectivity index is 2.87. The van der Waals surface area contributed by atoms with E-state index in [0.717, 1.165) is 0 Å². The minimum atomic E-state index is -0.417. The Bertz CT molecular complexity index is 480. The molecule has 0 spiro atoms. The highest BCUT2D eigenvalue weighted by Gasteiger charge is 1.97. The second-order valence-electron chi connectivity index (χ2n) is 2.11. The first-order valence-electron chi connectivity index (χ1n) is 3.13. The molecule has 1 N–H and O–H groups in total. The molecule has 2 aromatic heterocycles. The van der Waals surface area contributed by atoms with Gasteiger partial charge in [0.15, 0.2) is 5.65 Å². The van der Waals surface area contributed by atoms with Crippen LogP contribution in [0.2, 0.25) is 0 Å². The van der Waals surface area contributed by atoms with Crippen molar-refractivity contribution in [2.75, 3.05) is 0 Å². The SMILES string of the molecule is O=c1ncc2nc(Br)cnc2[nH]1. The van der Waals surface area contributed by atoms with Crippen LogP contribution < -0.4 is 5.69 Å².